The molecule has 0 spiro atoms. The van der Waals surface area contributed by atoms with Crippen LogP contribution >= 0.6 is 31.3 Å². The van der Waals surface area contributed by atoms with Crippen LogP contribution in [-0.2, 0) is 59.9 Å². The number of phosphoric ester groups is 4. The molecule has 1 aliphatic rings. The number of carbonyl (C=O) groups excluding carboxylic acids is 2. The highest BCUT2D eigenvalue weighted by Gasteiger charge is 2.59. The molecule has 0 heterocycles. The van der Waals surface area contributed by atoms with Crippen molar-refractivity contribution in [3.05, 3.63) is 48.6 Å². The van der Waals surface area contributed by atoms with Gasteiger partial charge in [0.05, 0.1) is 6.61 Å². The van der Waals surface area contributed by atoms with E-state index in [0.29, 0.717) is 25.7 Å². The molecular formula is C47H86O22P4. The van der Waals surface area contributed by atoms with Gasteiger partial charge in [0.1, 0.15) is 43.2 Å². The number of rotatable bonds is 44. The van der Waals surface area contributed by atoms with Gasteiger partial charge in [-0.1, -0.05) is 165 Å². The smallest absolute Gasteiger partial charge is 0.462 e. The molecule has 0 radical (unpaired) electrons. The molecule has 7 unspecified atom stereocenters. The van der Waals surface area contributed by atoms with Crippen molar-refractivity contribution < 1.29 is 104 Å². The van der Waals surface area contributed by atoms with E-state index in [1.54, 1.807) is 0 Å². The van der Waals surface area contributed by atoms with Crippen LogP contribution < -0.4 is 0 Å². The molecule has 22 nitrogen and oxygen atoms in total. The van der Waals surface area contributed by atoms with Crippen LogP contribution in [0.5, 0.6) is 0 Å². The monoisotopic (exact) mass is 1130 g/mol. The van der Waals surface area contributed by atoms with Crippen molar-refractivity contribution >= 4 is 43.2 Å². The third-order valence-corrected chi connectivity index (χ3v) is 13.9. The summed E-state index contributed by atoms with van der Waals surface area (Å²) in [6, 6.07) is 0. The third-order valence-electron chi connectivity index (χ3n) is 11.4. The number of phosphoric acid groups is 4. The first-order valence-electron chi connectivity index (χ1n) is 25.7. The highest BCUT2D eigenvalue weighted by Crippen LogP contribution is 2.53. The molecule has 1 saturated carbocycles. The summed E-state index contributed by atoms with van der Waals surface area (Å²) >= 11 is 0. The SMILES string of the molecule is CCCCC/C=C\C/C=C\C/C=C\C/C=C\CCCC(=O)OC(COC(=O)CCCCCCCCCCCCCCCCC)COP(=O)(O)OC1C(O)C(OP(=O)(O)O)C(OP(=O)(O)O)C(OP(=O)(O)O)[C@H]1O. The topological polar surface area (TPSA) is 349 Å². The van der Waals surface area contributed by atoms with Crippen LogP contribution in [0, 0.1) is 0 Å². The summed E-state index contributed by atoms with van der Waals surface area (Å²) in [5.74, 6) is -1.46. The van der Waals surface area contributed by atoms with Gasteiger partial charge in [0.15, 0.2) is 6.10 Å². The largest absolute Gasteiger partial charge is 0.472 e. The first kappa shape index (κ1) is 69.3. The van der Waals surface area contributed by atoms with Crippen LogP contribution in [-0.4, -0.2) is 112 Å². The van der Waals surface area contributed by atoms with Crippen LogP contribution in [0.4, 0.5) is 0 Å². The van der Waals surface area contributed by atoms with Gasteiger partial charge in [0.25, 0.3) is 0 Å². The Bertz CT molecular complexity index is 1770. The highest BCUT2D eigenvalue weighted by atomic mass is 31.2. The van der Waals surface area contributed by atoms with E-state index in [1.807, 2.05) is 24.3 Å². The van der Waals surface area contributed by atoms with E-state index in [-0.39, 0.29) is 12.8 Å². The van der Waals surface area contributed by atoms with E-state index in [9.17, 15) is 72.3 Å². The van der Waals surface area contributed by atoms with Crippen molar-refractivity contribution in [1.29, 1.82) is 0 Å². The summed E-state index contributed by atoms with van der Waals surface area (Å²) in [4.78, 5) is 93.0. The van der Waals surface area contributed by atoms with E-state index in [1.165, 1.54) is 77.0 Å². The minimum absolute atomic E-state index is 0.0241. The van der Waals surface area contributed by atoms with Gasteiger partial charge in [-0.3, -0.25) is 32.2 Å². The molecule has 9 N–H and O–H groups in total. The third kappa shape index (κ3) is 37.6. The zero-order valence-corrected chi connectivity index (χ0v) is 46.2. The molecule has 1 fully saturated rings. The fourth-order valence-electron chi connectivity index (χ4n) is 7.66. The van der Waals surface area contributed by atoms with Gasteiger partial charge >= 0.3 is 43.2 Å². The Morgan fingerprint density at radius 2 is 0.808 bits per heavy atom. The number of esters is 2. The summed E-state index contributed by atoms with van der Waals surface area (Å²) in [5, 5.41) is 21.9. The minimum atomic E-state index is -5.80. The van der Waals surface area contributed by atoms with Crippen molar-refractivity contribution in [3.63, 3.8) is 0 Å². The maximum absolute atomic E-state index is 13.3. The first-order chi connectivity index (χ1) is 34.5. The van der Waals surface area contributed by atoms with Crippen molar-refractivity contribution in [2.75, 3.05) is 13.2 Å². The number of carbonyl (C=O) groups is 2. The first-order valence-corrected chi connectivity index (χ1v) is 31.8. The van der Waals surface area contributed by atoms with Gasteiger partial charge < -0.3 is 53.9 Å². The molecule has 0 aromatic carbocycles. The van der Waals surface area contributed by atoms with Crippen LogP contribution in [0.2, 0.25) is 0 Å². The normalized spacial score (nSPS) is 21.4. The van der Waals surface area contributed by atoms with Crippen LogP contribution in [0.25, 0.3) is 0 Å². The van der Waals surface area contributed by atoms with E-state index >= 15 is 0 Å². The summed E-state index contributed by atoms with van der Waals surface area (Å²) in [5.41, 5.74) is 0. The second-order valence-electron chi connectivity index (χ2n) is 18.0. The molecule has 0 aromatic heterocycles. The summed E-state index contributed by atoms with van der Waals surface area (Å²) in [6.07, 6.45) is 23.2. The molecule has 0 aromatic rings. The quantitative estimate of drug-likeness (QED) is 0.0119. The highest BCUT2D eigenvalue weighted by molar-refractivity contribution is 7.47. The average Bonchev–Trinajstić information content (AvgIpc) is 3.30. The average molecular weight is 1130 g/mol. The van der Waals surface area contributed by atoms with Crippen LogP contribution in [0.3, 0.4) is 0 Å². The van der Waals surface area contributed by atoms with E-state index in [4.69, 9.17) is 18.5 Å². The number of hydrogen-bond acceptors (Lipinski definition) is 15. The molecule has 26 heteroatoms. The van der Waals surface area contributed by atoms with Crippen molar-refractivity contribution in [2.45, 2.75) is 224 Å². The van der Waals surface area contributed by atoms with Crippen molar-refractivity contribution in [1.82, 2.24) is 0 Å². The standard InChI is InChI=1S/C47H86O22P4/c1-3-5-7-9-11-13-15-17-19-20-22-24-26-28-30-32-34-36-41(49)65-39(37-63-40(48)35-33-31-29-27-25-23-21-18-16-14-12-10-8-6-4-2)38-64-73(61,62)69-44-42(50)45(66-70(52,53)54)47(68-72(58,59)60)46(43(44)51)67-71(55,56)57/h11,13,17,19,22,24,28,30,39,42-47,50-51H,3-10,12,14-16,18,20-21,23,25-27,29,31-38H2,1-2H3,(H,61,62)(H2,52,53,54)(H2,55,56,57)(H2,58,59,60)/b13-11-,19-17-,24-22-,30-28-/t39?,42-,43?,44?,45?,46?,47?/m0/s1. The Hall–Kier alpha value is -1.74. The van der Waals surface area contributed by atoms with Crippen molar-refractivity contribution in [2.24, 2.45) is 0 Å². The Labute approximate surface area is 431 Å². The molecule has 73 heavy (non-hydrogen) atoms. The lowest BCUT2D eigenvalue weighted by Crippen LogP contribution is -2.65. The van der Waals surface area contributed by atoms with Crippen molar-refractivity contribution in [3.8, 4) is 0 Å². The summed E-state index contributed by atoms with van der Waals surface area (Å²) < 4.78 is 82.2. The maximum Gasteiger partial charge on any atom is 0.472 e. The lowest BCUT2D eigenvalue weighted by Gasteiger charge is -2.45. The Morgan fingerprint density at radius 3 is 1.25 bits per heavy atom. The number of aliphatic hydroxyl groups excluding tert-OH is 2. The molecular weight excluding hydrogens is 1040 g/mol. The van der Waals surface area contributed by atoms with Gasteiger partial charge in [0.2, 0.25) is 0 Å². The lowest BCUT2D eigenvalue weighted by atomic mass is 9.85. The molecule has 8 atom stereocenters. The molecule has 0 bridgehead atoms. The number of unbranched alkanes of at least 4 members (excludes halogenated alkanes) is 18. The molecule has 1 aliphatic carbocycles. The molecule has 0 amide bonds. The van der Waals surface area contributed by atoms with Crippen LogP contribution in [0.15, 0.2) is 48.6 Å². The molecule has 426 valence electrons. The summed E-state index contributed by atoms with van der Waals surface area (Å²) in [7, 11) is -23.0. The number of aliphatic hydroxyl groups is 2. The Kier molecular flexibility index (Phi) is 37.6. The minimum Gasteiger partial charge on any atom is -0.462 e. The molecule has 0 aliphatic heterocycles. The predicted molar refractivity (Wildman–Crippen MR) is 272 cm³/mol. The Balaban J connectivity index is 2.90. The predicted octanol–water partition coefficient (Wildman–Crippen LogP) is 9.52. The van der Waals surface area contributed by atoms with E-state index in [2.05, 4.69) is 51.7 Å². The molecule has 1 rings (SSSR count). The van der Waals surface area contributed by atoms with Crippen LogP contribution in [0.1, 0.15) is 181 Å². The van der Waals surface area contributed by atoms with Gasteiger partial charge in [-0.2, -0.15) is 0 Å². The summed E-state index contributed by atoms with van der Waals surface area (Å²) in [6.45, 7) is 2.70. The fourth-order valence-corrected chi connectivity index (χ4v) is 10.3. The Morgan fingerprint density at radius 1 is 0.438 bits per heavy atom. The second kappa shape index (κ2) is 39.6. The lowest BCUT2D eigenvalue weighted by molar-refractivity contribution is -0.209. The molecule has 0 saturated heterocycles. The van der Waals surface area contributed by atoms with Gasteiger partial charge in [-0.25, -0.2) is 18.3 Å². The van der Waals surface area contributed by atoms with Gasteiger partial charge in [-0.15, -0.1) is 0 Å². The van der Waals surface area contributed by atoms with E-state index in [0.717, 1.165) is 51.4 Å². The van der Waals surface area contributed by atoms with Gasteiger partial charge in [-0.05, 0) is 51.4 Å². The second-order valence-corrected chi connectivity index (χ2v) is 23.0. The van der Waals surface area contributed by atoms with E-state index < -0.39 is 99.2 Å². The maximum atomic E-state index is 13.3. The van der Waals surface area contributed by atoms with Gasteiger partial charge in [0, 0.05) is 12.8 Å². The number of ether oxygens (including phenoxy) is 2. The zero-order chi connectivity index (χ0) is 54.6. The number of hydrogen-bond donors (Lipinski definition) is 9. The fraction of sp³-hybridized carbons (Fsp3) is 0.787. The number of allylic oxidation sites excluding steroid dienone is 8. The zero-order valence-electron chi connectivity index (χ0n) is 42.6.